The summed E-state index contributed by atoms with van der Waals surface area (Å²) in [7, 11) is 0. The van der Waals surface area contributed by atoms with Gasteiger partial charge in [0.15, 0.2) is 0 Å². The molecule has 0 bridgehead atoms. The molecule has 4 aliphatic carbocycles. The summed E-state index contributed by atoms with van der Waals surface area (Å²) in [4.78, 5) is 49.7. The molecule has 0 saturated heterocycles. The van der Waals surface area contributed by atoms with Gasteiger partial charge in [-0.3, -0.25) is 14.4 Å². The lowest BCUT2D eigenvalue weighted by Crippen LogP contribution is -2.60. The normalized spacial score (nSPS) is 46.5. The van der Waals surface area contributed by atoms with Crippen molar-refractivity contribution in [2.24, 2.45) is 46.3 Å². The highest BCUT2D eigenvalue weighted by Crippen LogP contribution is 2.66. The fourth-order valence-corrected chi connectivity index (χ4v) is 7.92. The number of carbonyl (C=O) groups is 4. The minimum absolute atomic E-state index is 0.0135. The molecule has 0 heterocycles. The quantitative estimate of drug-likeness (QED) is 0.680. The topological polar surface area (TPSA) is 68.3 Å². The molecule has 28 heavy (non-hydrogen) atoms. The molecular formula is C24H34O4. The molecule has 0 aromatic carbocycles. The van der Waals surface area contributed by atoms with Gasteiger partial charge in [-0.1, -0.05) is 20.8 Å². The number of carbonyl (C=O) groups excluding carboxylic acids is 4. The maximum Gasteiger partial charge on any atom is 0.139 e. The van der Waals surface area contributed by atoms with E-state index >= 15 is 0 Å². The Hall–Kier alpha value is -1.32. The summed E-state index contributed by atoms with van der Waals surface area (Å²) < 4.78 is 0. The highest BCUT2D eigenvalue weighted by atomic mass is 16.1. The molecule has 4 nitrogen and oxygen atoms in total. The van der Waals surface area contributed by atoms with Crippen LogP contribution in [-0.2, 0) is 19.2 Å². The molecule has 0 radical (unpaired) electrons. The van der Waals surface area contributed by atoms with Gasteiger partial charge in [-0.05, 0) is 60.7 Å². The van der Waals surface area contributed by atoms with Crippen LogP contribution in [-0.4, -0.2) is 23.6 Å². The Morgan fingerprint density at radius 3 is 2.54 bits per heavy atom. The summed E-state index contributed by atoms with van der Waals surface area (Å²) in [5.41, 5.74) is -0.475. The lowest BCUT2D eigenvalue weighted by atomic mass is 9.44. The van der Waals surface area contributed by atoms with Gasteiger partial charge in [0.25, 0.3) is 0 Å². The van der Waals surface area contributed by atoms with Gasteiger partial charge in [-0.2, -0.15) is 0 Å². The van der Waals surface area contributed by atoms with Crippen LogP contribution in [0, 0.1) is 46.3 Å². The Bertz CT molecular complexity index is 711. The van der Waals surface area contributed by atoms with Crippen molar-refractivity contribution in [3.8, 4) is 0 Å². The van der Waals surface area contributed by atoms with Gasteiger partial charge >= 0.3 is 0 Å². The zero-order valence-electron chi connectivity index (χ0n) is 17.5. The molecule has 4 fully saturated rings. The third kappa shape index (κ3) is 2.69. The Balaban J connectivity index is 1.66. The minimum atomic E-state index is -0.424. The highest BCUT2D eigenvalue weighted by molar-refractivity contribution is 5.93. The molecule has 0 aromatic rings. The van der Waals surface area contributed by atoms with E-state index in [4.69, 9.17) is 0 Å². The van der Waals surface area contributed by atoms with Crippen LogP contribution in [0.2, 0.25) is 0 Å². The van der Waals surface area contributed by atoms with E-state index < -0.39 is 5.41 Å². The van der Waals surface area contributed by atoms with Crippen LogP contribution in [0.1, 0.15) is 78.6 Å². The average Bonchev–Trinajstić information content (AvgIpc) is 3.01. The van der Waals surface area contributed by atoms with E-state index in [1.165, 1.54) is 0 Å². The van der Waals surface area contributed by atoms with Gasteiger partial charge in [0.05, 0.1) is 0 Å². The first-order valence-electron chi connectivity index (χ1n) is 11.2. The molecule has 8 atom stereocenters. The molecule has 4 heteroatoms. The first-order chi connectivity index (χ1) is 13.2. The van der Waals surface area contributed by atoms with Crippen molar-refractivity contribution in [2.75, 3.05) is 0 Å². The van der Waals surface area contributed by atoms with Gasteiger partial charge < -0.3 is 4.79 Å². The zero-order chi connectivity index (χ0) is 20.3. The van der Waals surface area contributed by atoms with Crippen LogP contribution in [0.3, 0.4) is 0 Å². The first-order valence-corrected chi connectivity index (χ1v) is 11.2. The first kappa shape index (κ1) is 20.0. The lowest BCUT2D eigenvalue weighted by molar-refractivity contribution is -0.166. The third-order valence-electron chi connectivity index (χ3n) is 9.64. The zero-order valence-corrected chi connectivity index (χ0v) is 17.5. The van der Waals surface area contributed by atoms with E-state index in [0.717, 1.165) is 32.0 Å². The number of hydrogen-bond acceptors (Lipinski definition) is 4. The Labute approximate surface area is 168 Å². The number of rotatable bonds is 4. The maximum atomic E-state index is 13.6. The van der Waals surface area contributed by atoms with Crippen molar-refractivity contribution in [1.29, 1.82) is 0 Å². The van der Waals surface area contributed by atoms with Crippen molar-refractivity contribution in [2.45, 2.75) is 78.6 Å². The minimum Gasteiger partial charge on any atom is -0.303 e. The molecule has 0 aliphatic heterocycles. The van der Waals surface area contributed by atoms with Crippen LogP contribution in [0.15, 0.2) is 0 Å². The number of Topliss-reactive ketones (excluding diaryl/α,β-unsaturated/α-hetero) is 3. The van der Waals surface area contributed by atoms with Gasteiger partial charge in [0.2, 0.25) is 0 Å². The number of hydrogen-bond donors (Lipinski definition) is 0. The standard InChI is InChI=1S/C24H34O4/c1-14(5-4-10-25)17-6-7-18-22-19(13-21(28)24(17,18)3)23(2)9-8-16(26)11-15(23)12-20(22)27/h10,14-15,17-19,22H,4-9,11-13H2,1-3H3. The van der Waals surface area contributed by atoms with Crippen LogP contribution < -0.4 is 0 Å². The van der Waals surface area contributed by atoms with E-state index in [0.29, 0.717) is 49.6 Å². The Morgan fingerprint density at radius 1 is 1.07 bits per heavy atom. The molecular weight excluding hydrogens is 352 g/mol. The Morgan fingerprint density at radius 2 is 1.82 bits per heavy atom. The smallest absolute Gasteiger partial charge is 0.139 e. The number of ketones is 3. The second-order valence-electron chi connectivity index (χ2n) is 10.7. The van der Waals surface area contributed by atoms with Crippen molar-refractivity contribution in [3.63, 3.8) is 0 Å². The Kier molecular flexibility index (Phi) is 4.91. The maximum absolute atomic E-state index is 13.6. The predicted octanol–water partition coefficient (Wildman–Crippen LogP) is 4.19. The summed E-state index contributed by atoms with van der Waals surface area (Å²) in [6, 6.07) is 0. The summed E-state index contributed by atoms with van der Waals surface area (Å²) >= 11 is 0. The summed E-state index contributed by atoms with van der Waals surface area (Å²) in [6.07, 6.45) is 7.27. The van der Waals surface area contributed by atoms with Crippen LogP contribution in [0.4, 0.5) is 0 Å². The van der Waals surface area contributed by atoms with E-state index in [-0.39, 0.29) is 40.8 Å². The monoisotopic (exact) mass is 386 g/mol. The van der Waals surface area contributed by atoms with E-state index in [2.05, 4.69) is 20.8 Å². The average molecular weight is 387 g/mol. The van der Waals surface area contributed by atoms with Gasteiger partial charge in [0.1, 0.15) is 23.6 Å². The number of aldehydes is 1. The molecule has 0 spiro atoms. The van der Waals surface area contributed by atoms with E-state index in [1.807, 2.05) is 0 Å². The van der Waals surface area contributed by atoms with Crippen LogP contribution >= 0.6 is 0 Å². The largest absolute Gasteiger partial charge is 0.303 e. The summed E-state index contributed by atoms with van der Waals surface area (Å²) in [6.45, 7) is 6.55. The molecule has 0 aromatic heterocycles. The van der Waals surface area contributed by atoms with Crippen molar-refractivity contribution in [1.82, 2.24) is 0 Å². The van der Waals surface area contributed by atoms with E-state index in [1.54, 1.807) is 0 Å². The van der Waals surface area contributed by atoms with Gasteiger partial charge in [0, 0.05) is 43.4 Å². The fraction of sp³-hybridized carbons (Fsp3) is 0.833. The molecule has 0 N–H and O–H groups in total. The third-order valence-corrected chi connectivity index (χ3v) is 9.64. The van der Waals surface area contributed by atoms with Crippen molar-refractivity contribution in [3.05, 3.63) is 0 Å². The summed E-state index contributed by atoms with van der Waals surface area (Å²) in [5.74, 6) is 1.91. The fourth-order valence-electron chi connectivity index (χ4n) is 7.92. The van der Waals surface area contributed by atoms with E-state index in [9.17, 15) is 19.2 Å². The van der Waals surface area contributed by atoms with Crippen LogP contribution in [0.25, 0.3) is 0 Å². The van der Waals surface area contributed by atoms with Gasteiger partial charge in [-0.15, -0.1) is 0 Å². The van der Waals surface area contributed by atoms with Crippen molar-refractivity contribution < 1.29 is 19.2 Å². The molecule has 4 aliphatic rings. The lowest BCUT2D eigenvalue weighted by Gasteiger charge is -2.58. The molecule has 8 unspecified atom stereocenters. The second-order valence-corrected chi connectivity index (χ2v) is 10.7. The highest BCUT2D eigenvalue weighted by Gasteiger charge is 2.66. The van der Waals surface area contributed by atoms with Gasteiger partial charge in [-0.25, -0.2) is 0 Å². The molecule has 4 rings (SSSR count). The predicted molar refractivity (Wildman–Crippen MR) is 105 cm³/mol. The summed E-state index contributed by atoms with van der Waals surface area (Å²) in [5, 5.41) is 0. The van der Waals surface area contributed by atoms with Crippen LogP contribution in [0.5, 0.6) is 0 Å². The molecule has 4 saturated carbocycles. The number of fused-ring (bicyclic) bond motifs is 5. The second kappa shape index (κ2) is 6.88. The molecule has 0 amide bonds. The SMILES string of the molecule is CC(CCC=O)C1CCC2C3C(=O)CC4CC(=O)CCC4(C)C3CC(=O)C12C. The molecule has 154 valence electrons. The van der Waals surface area contributed by atoms with Crippen molar-refractivity contribution >= 4 is 23.6 Å².